The monoisotopic (exact) mass is 339 g/mol. The molecule has 24 heavy (non-hydrogen) atoms. The topological polar surface area (TPSA) is 73.2 Å². The Kier molecular flexibility index (Phi) is 4.00. The number of carbonyl (C=O) groups excluding carboxylic acids is 2. The molecule has 6 heteroatoms. The van der Waals surface area contributed by atoms with Gasteiger partial charge < -0.3 is 5.32 Å². The van der Waals surface area contributed by atoms with Crippen LogP contribution in [0.3, 0.4) is 0 Å². The summed E-state index contributed by atoms with van der Waals surface area (Å²) in [6, 6.07) is 15.3. The lowest BCUT2D eigenvalue weighted by atomic mass is 9.92. The van der Waals surface area contributed by atoms with E-state index in [1.54, 1.807) is 55.5 Å². The van der Waals surface area contributed by atoms with Crippen LogP contribution in [0.5, 0.6) is 0 Å². The number of benzene rings is 2. The first-order chi connectivity index (χ1) is 11.5. The molecule has 120 valence electrons. The summed E-state index contributed by atoms with van der Waals surface area (Å²) >= 11 is 6.20. The van der Waals surface area contributed by atoms with Crippen molar-refractivity contribution < 1.29 is 9.59 Å². The van der Waals surface area contributed by atoms with E-state index in [0.717, 1.165) is 10.5 Å². The van der Waals surface area contributed by atoms with E-state index in [1.807, 2.05) is 6.07 Å². The molecule has 1 saturated heterocycles. The molecule has 0 saturated carbocycles. The van der Waals surface area contributed by atoms with Gasteiger partial charge in [-0.15, -0.1) is 0 Å². The van der Waals surface area contributed by atoms with Crippen molar-refractivity contribution in [2.45, 2.75) is 19.0 Å². The minimum atomic E-state index is -1.19. The summed E-state index contributed by atoms with van der Waals surface area (Å²) in [5.74, 6) is -0.357. The molecule has 1 aliphatic rings. The van der Waals surface area contributed by atoms with E-state index >= 15 is 0 Å². The fraction of sp³-hybridized carbons (Fsp3) is 0.167. The highest BCUT2D eigenvalue weighted by Crippen LogP contribution is 2.33. The lowest BCUT2D eigenvalue weighted by Crippen LogP contribution is -2.41. The van der Waals surface area contributed by atoms with E-state index in [4.69, 9.17) is 16.9 Å². The Labute approximate surface area is 144 Å². The first kappa shape index (κ1) is 16.0. The van der Waals surface area contributed by atoms with E-state index in [2.05, 4.69) is 5.32 Å². The smallest absolute Gasteiger partial charge is 0.319 e. The summed E-state index contributed by atoms with van der Waals surface area (Å²) < 4.78 is 0. The summed E-state index contributed by atoms with van der Waals surface area (Å²) in [6.45, 7) is 1.78. The van der Waals surface area contributed by atoms with E-state index in [1.165, 1.54) is 0 Å². The molecule has 1 atom stereocenters. The molecule has 3 amide bonds. The highest BCUT2D eigenvalue weighted by molar-refractivity contribution is 6.32. The molecule has 0 bridgehead atoms. The van der Waals surface area contributed by atoms with Crippen LogP contribution >= 0.6 is 11.6 Å². The van der Waals surface area contributed by atoms with Crippen LogP contribution in [0, 0.1) is 11.3 Å². The Hall–Kier alpha value is -2.84. The average Bonchev–Trinajstić information content (AvgIpc) is 2.80. The molecular formula is C18H14ClN3O2. The van der Waals surface area contributed by atoms with Gasteiger partial charge in [0.2, 0.25) is 0 Å². The quantitative estimate of drug-likeness (QED) is 0.873. The SMILES string of the molecule is C[C@@]1(c2ccccc2Cl)NC(=O)N(Cc2ccc(C#N)cc2)C1=O. The van der Waals surface area contributed by atoms with Gasteiger partial charge in [-0.2, -0.15) is 5.26 Å². The molecule has 0 unspecified atom stereocenters. The molecule has 2 aromatic rings. The second kappa shape index (κ2) is 5.99. The van der Waals surface area contributed by atoms with Gasteiger partial charge in [0.25, 0.3) is 5.91 Å². The zero-order chi connectivity index (χ0) is 17.3. The minimum Gasteiger partial charge on any atom is -0.319 e. The predicted octanol–water partition coefficient (Wildman–Crippen LogP) is 3.18. The number of urea groups is 1. The molecule has 1 N–H and O–H groups in total. The van der Waals surface area contributed by atoms with Gasteiger partial charge in [-0.25, -0.2) is 4.79 Å². The van der Waals surface area contributed by atoms with Crippen LogP contribution < -0.4 is 5.32 Å². The fourth-order valence-corrected chi connectivity index (χ4v) is 3.08. The van der Waals surface area contributed by atoms with E-state index in [0.29, 0.717) is 16.1 Å². The zero-order valence-electron chi connectivity index (χ0n) is 12.9. The number of amides is 3. The molecule has 2 aromatic carbocycles. The maximum atomic E-state index is 12.8. The fourth-order valence-electron chi connectivity index (χ4n) is 2.76. The second-order valence-electron chi connectivity index (χ2n) is 5.74. The van der Waals surface area contributed by atoms with Gasteiger partial charge in [0.15, 0.2) is 0 Å². The van der Waals surface area contributed by atoms with Crippen LogP contribution in [0.1, 0.15) is 23.6 Å². The standard InChI is InChI=1S/C18H14ClN3O2/c1-18(14-4-2-3-5-15(14)19)16(23)22(17(24)21-18)11-13-8-6-12(10-20)7-9-13/h2-9H,11H2,1H3,(H,21,24)/t18-/m0/s1. The van der Waals surface area contributed by atoms with Gasteiger partial charge in [0.1, 0.15) is 5.54 Å². The van der Waals surface area contributed by atoms with Crippen LogP contribution in [0.15, 0.2) is 48.5 Å². The first-order valence-corrected chi connectivity index (χ1v) is 7.71. The molecule has 1 aliphatic heterocycles. The van der Waals surface area contributed by atoms with Crippen molar-refractivity contribution in [3.05, 3.63) is 70.2 Å². The highest BCUT2D eigenvalue weighted by atomic mass is 35.5. The molecule has 1 fully saturated rings. The lowest BCUT2D eigenvalue weighted by Gasteiger charge is -2.23. The predicted molar refractivity (Wildman–Crippen MR) is 89.0 cm³/mol. The van der Waals surface area contributed by atoms with Crippen molar-refractivity contribution in [2.24, 2.45) is 0 Å². The van der Waals surface area contributed by atoms with Crippen molar-refractivity contribution in [1.29, 1.82) is 5.26 Å². The van der Waals surface area contributed by atoms with Crippen LogP contribution in [0.25, 0.3) is 0 Å². The number of hydrogen-bond donors (Lipinski definition) is 1. The number of halogens is 1. The van der Waals surface area contributed by atoms with Gasteiger partial charge in [-0.05, 0) is 30.7 Å². The summed E-state index contributed by atoms with van der Waals surface area (Å²) in [7, 11) is 0. The Morgan fingerprint density at radius 3 is 2.46 bits per heavy atom. The Morgan fingerprint density at radius 2 is 1.83 bits per heavy atom. The van der Waals surface area contributed by atoms with Crippen LogP contribution in [-0.2, 0) is 16.9 Å². The molecule has 1 heterocycles. The summed E-state index contributed by atoms with van der Waals surface area (Å²) in [5.41, 5.74) is 0.660. The number of nitriles is 1. The Bertz CT molecular complexity index is 857. The summed E-state index contributed by atoms with van der Waals surface area (Å²) in [5, 5.41) is 12.0. The molecule has 0 aromatic heterocycles. The number of hydrogen-bond acceptors (Lipinski definition) is 3. The largest absolute Gasteiger partial charge is 0.325 e. The normalized spacial score (nSPS) is 20.0. The maximum Gasteiger partial charge on any atom is 0.325 e. The van der Waals surface area contributed by atoms with Crippen molar-refractivity contribution in [2.75, 3.05) is 0 Å². The summed E-state index contributed by atoms with van der Waals surface area (Å²) in [6.07, 6.45) is 0. The average molecular weight is 340 g/mol. The number of rotatable bonds is 3. The van der Waals surface area contributed by atoms with Crippen LogP contribution in [0.4, 0.5) is 4.79 Å². The van der Waals surface area contributed by atoms with Crippen molar-refractivity contribution >= 4 is 23.5 Å². The van der Waals surface area contributed by atoms with Crippen molar-refractivity contribution in [3.8, 4) is 6.07 Å². The number of carbonyl (C=O) groups is 2. The number of imide groups is 1. The van der Waals surface area contributed by atoms with E-state index < -0.39 is 11.6 Å². The zero-order valence-corrected chi connectivity index (χ0v) is 13.7. The van der Waals surface area contributed by atoms with Crippen molar-refractivity contribution in [1.82, 2.24) is 10.2 Å². The number of nitrogens with one attached hydrogen (secondary N) is 1. The molecule has 0 radical (unpaired) electrons. The van der Waals surface area contributed by atoms with E-state index in [-0.39, 0.29) is 12.5 Å². The van der Waals surface area contributed by atoms with Crippen LogP contribution in [0.2, 0.25) is 5.02 Å². The van der Waals surface area contributed by atoms with Crippen LogP contribution in [-0.4, -0.2) is 16.8 Å². The Morgan fingerprint density at radius 1 is 1.17 bits per heavy atom. The minimum absolute atomic E-state index is 0.135. The highest BCUT2D eigenvalue weighted by Gasteiger charge is 2.49. The van der Waals surface area contributed by atoms with Gasteiger partial charge in [-0.1, -0.05) is 41.9 Å². The Balaban J connectivity index is 1.89. The van der Waals surface area contributed by atoms with Crippen molar-refractivity contribution in [3.63, 3.8) is 0 Å². The molecule has 5 nitrogen and oxygen atoms in total. The third-order valence-electron chi connectivity index (χ3n) is 4.11. The second-order valence-corrected chi connectivity index (χ2v) is 6.14. The summed E-state index contributed by atoms with van der Waals surface area (Å²) in [4.78, 5) is 26.3. The molecule has 3 rings (SSSR count). The lowest BCUT2D eigenvalue weighted by molar-refractivity contribution is -0.131. The maximum absolute atomic E-state index is 12.8. The van der Waals surface area contributed by atoms with Gasteiger partial charge in [-0.3, -0.25) is 9.69 Å². The van der Waals surface area contributed by atoms with Gasteiger partial charge in [0, 0.05) is 10.6 Å². The van der Waals surface area contributed by atoms with E-state index in [9.17, 15) is 9.59 Å². The third-order valence-corrected chi connectivity index (χ3v) is 4.44. The number of nitrogens with zero attached hydrogens (tertiary/aromatic N) is 2. The third kappa shape index (κ3) is 2.61. The molecular weight excluding hydrogens is 326 g/mol. The van der Waals surface area contributed by atoms with Gasteiger partial charge in [0.05, 0.1) is 18.2 Å². The molecule has 0 spiro atoms. The van der Waals surface area contributed by atoms with Gasteiger partial charge >= 0.3 is 6.03 Å². The first-order valence-electron chi connectivity index (χ1n) is 7.34. The molecule has 0 aliphatic carbocycles.